The van der Waals surface area contributed by atoms with Gasteiger partial charge in [0.25, 0.3) is 5.91 Å². The first-order valence-electron chi connectivity index (χ1n) is 7.93. The number of benzene rings is 1. The van der Waals surface area contributed by atoms with E-state index in [1.807, 2.05) is 0 Å². The maximum absolute atomic E-state index is 12.1. The van der Waals surface area contributed by atoms with Crippen LogP contribution in [0.1, 0.15) is 30.6 Å². The highest BCUT2D eigenvalue weighted by Crippen LogP contribution is 2.28. The first-order valence-corrected chi connectivity index (χ1v) is 8.73. The van der Waals surface area contributed by atoms with Gasteiger partial charge in [0.15, 0.2) is 0 Å². The van der Waals surface area contributed by atoms with Crippen molar-refractivity contribution in [1.82, 2.24) is 15.4 Å². The number of hydrogen-bond acceptors (Lipinski definition) is 7. The van der Waals surface area contributed by atoms with Gasteiger partial charge in [0.05, 0.1) is 4.92 Å². The molecule has 0 fully saturated rings. The average Bonchev–Trinajstić information content (AvgIpc) is 2.59. The predicted molar refractivity (Wildman–Crippen MR) is 102 cm³/mol. The van der Waals surface area contributed by atoms with Crippen LogP contribution in [0.2, 0.25) is 0 Å². The van der Waals surface area contributed by atoms with E-state index in [4.69, 9.17) is 0 Å². The van der Waals surface area contributed by atoms with E-state index in [0.717, 1.165) is 10.9 Å². The van der Waals surface area contributed by atoms with Crippen LogP contribution in [0.15, 0.2) is 35.1 Å². The Bertz CT molecular complexity index is 782. The Morgan fingerprint density at radius 2 is 1.88 bits per heavy atom. The van der Waals surface area contributed by atoms with Crippen LogP contribution in [-0.2, 0) is 0 Å². The molecule has 0 radical (unpaired) electrons. The highest BCUT2D eigenvalue weighted by molar-refractivity contribution is 9.10. The number of nitro groups is 1. The van der Waals surface area contributed by atoms with Gasteiger partial charge in [-0.3, -0.25) is 25.8 Å². The van der Waals surface area contributed by atoms with Crippen molar-refractivity contribution in [1.29, 1.82) is 0 Å². The highest BCUT2D eigenvalue weighted by atomic mass is 79.9. The Hall–Kier alpha value is -2.75. The molecule has 1 aromatic heterocycles. The fourth-order valence-electron chi connectivity index (χ4n) is 2.04. The first-order chi connectivity index (χ1) is 12.4. The highest BCUT2D eigenvalue weighted by Gasteiger charge is 2.23. The summed E-state index contributed by atoms with van der Waals surface area (Å²) in [4.78, 5) is 30.7. The normalized spacial score (nSPS) is 10.5. The van der Waals surface area contributed by atoms with E-state index in [2.05, 4.69) is 55.9 Å². The standard InChI is InChI=1S/C16H19BrN6O3/c1-10(2)7-8-18-14-13(23(25)26)15(20-9-19-14)21-22-16(24)11-3-5-12(17)6-4-11/h3-6,9-10H,7-8H2,1-2H3,(H,22,24)(H2,18,19,20,21). The molecule has 0 aliphatic rings. The monoisotopic (exact) mass is 422 g/mol. The van der Waals surface area contributed by atoms with Gasteiger partial charge in [0.1, 0.15) is 6.33 Å². The SMILES string of the molecule is CC(C)CCNc1ncnc(NNC(=O)c2ccc(Br)cc2)c1[N+](=O)[O-]. The summed E-state index contributed by atoms with van der Waals surface area (Å²) >= 11 is 3.29. The summed E-state index contributed by atoms with van der Waals surface area (Å²) in [6.45, 7) is 4.65. The molecule has 1 aromatic carbocycles. The number of hydrogen-bond donors (Lipinski definition) is 3. The lowest BCUT2D eigenvalue weighted by Gasteiger charge is -2.11. The summed E-state index contributed by atoms with van der Waals surface area (Å²) in [6, 6.07) is 6.68. The number of nitrogens with one attached hydrogen (secondary N) is 3. The van der Waals surface area contributed by atoms with Gasteiger partial charge in [-0.05, 0) is 36.6 Å². The van der Waals surface area contributed by atoms with Crippen molar-refractivity contribution in [3.63, 3.8) is 0 Å². The molecule has 0 bridgehead atoms. The number of nitrogens with zero attached hydrogens (tertiary/aromatic N) is 3. The Balaban J connectivity index is 2.11. The van der Waals surface area contributed by atoms with Crippen LogP contribution in [0.25, 0.3) is 0 Å². The van der Waals surface area contributed by atoms with E-state index in [1.165, 1.54) is 6.33 Å². The summed E-state index contributed by atoms with van der Waals surface area (Å²) < 4.78 is 0.838. The lowest BCUT2D eigenvalue weighted by atomic mass is 10.1. The van der Waals surface area contributed by atoms with Crippen LogP contribution >= 0.6 is 15.9 Å². The van der Waals surface area contributed by atoms with Crippen LogP contribution in [-0.4, -0.2) is 27.3 Å². The molecule has 1 heterocycles. The maximum Gasteiger partial charge on any atom is 0.354 e. The van der Waals surface area contributed by atoms with Gasteiger partial charge in [0, 0.05) is 16.6 Å². The van der Waals surface area contributed by atoms with E-state index in [9.17, 15) is 14.9 Å². The minimum absolute atomic E-state index is 0.0949. The predicted octanol–water partition coefficient (Wildman–Crippen LogP) is 3.36. The fraction of sp³-hybridized carbons (Fsp3) is 0.312. The van der Waals surface area contributed by atoms with Crippen LogP contribution in [0, 0.1) is 16.0 Å². The Morgan fingerprint density at radius 1 is 1.23 bits per heavy atom. The molecule has 26 heavy (non-hydrogen) atoms. The second kappa shape index (κ2) is 9.09. The number of hydrazine groups is 1. The molecule has 0 aliphatic carbocycles. The molecular weight excluding hydrogens is 404 g/mol. The molecule has 0 spiro atoms. The Labute approximate surface area is 158 Å². The third kappa shape index (κ3) is 5.38. The smallest absolute Gasteiger partial charge is 0.354 e. The molecule has 0 saturated heterocycles. The van der Waals surface area contributed by atoms with Crippen molar-refractivity contribution in [2.75, 3.05) is 17.3 Å². The Kier molecular flexibility index (Phi) is 6.84. The number of amides is 1. The van der Waals surface area contributed by atoms with Crippen molar-refractivity contribution >= 4 is 39.2 Å². The molecule has 9 nitrogen and oxygen atoms in total. The second-order valence-corrected chi connectivity index (χ2v) is 6.79. The molecule has 10 heteroatoms. The van der Waals surface area contributed by atoms with E-state index in [0.29, 0.717) is 18.0 Å². The quantitative estimate of drug-likeness (QED) is 0.440. The van der Waals surface area contributed by atoms with Crippen LogP contribution < -0.4 is 16.2 Å². The molecule has 0 aliphatic heterocycles. The van der Waals surface area contributed by atoms with Gasteiger partial charge in [-0.25, -0.2) is 9.97 Å². The number of halogens is 1. The number of anilines is 2. The molecule has 3 N–H and O–H groups in total. The maximum atomic E-state index is 12.1. The molecule has 1 amide bonds. The topological polar surface area (TPSA) is 122 Å². The van der Waals surface area contributed by atoms with Crippen molar-refractivity contribution in [3.05, 3.63) is 50.7 Å². The Morgan fingerprint density at radius 3 is 2.50 bits per heavy atom. The average molecular weight is 423 g/mol. The van der Waals surface area contributed by atoms with Crippen molar-refractivity contribution < 1.29 is 9.72 Å². The zero-order valence-corrected chi connectivity index (χ0v) is 15.9. The van der Waals surface area contributed by atoms with E-state index in [-0.39, 0.29) is 17.3 Å². The summed E-state index contributed by atoms with van der Waals surface area (Å²) in [5.41, 5.74) is 4.98. The van der Waals surface area contributed by atoms with Gasteiger partial charge in [-0.1, -0.05) is 29.8 Å². The number of carbonyl (C=O) groups is 1. The lowest BCUT2D eigenvalue weighted by molar-refractivity contribution is -0.383. The zero-order chi connectivity index (χ0) is 19.1. The zero-order valence-electron chi connectivity index (χ0n) is 14.3. The number of aromatic nitrogens is 2. The van der Waals surface area contributed by atoms with Crippen molar-refractivity contribution in [2.45, 2.75) is 20.3 Å². The number of rotatable bonds is 8. The van der Waals surface area contributed by atoms with Gasteiger partial charge in [-0.2, -0.15) is 0 Å². The molecule has 138 valence electrons. The summed E-state index contributed by atoms with van der Waals surface area (Å²) in [5.74, 6) is 0.0134. The fourth-order valence-corrected chi connectivity index (χ4v) is 2.31. The van der Waals surface area contributed by atoms with Crippen LogP contribution in [0.4, 0.5) is 17.3 Å². The van der Waals surface area contributed by atoms with Crippen molar-refractivity contribution in [2.24, 2.45) is 5.92 Å². The lowest BCUT2D eigenvalue weighted by Crippen LogP contribution is -2.30. The molecule has 0 atom stereocenters. The van der Waals surface area contributed by atoms with Crippen LogP contribution in [0.5, 0.6) is 0 Å². The molecule has 0 unspecified atom stereocenters. The van der Waals surface area contributed by atoms with Gasteiger partial charge in [-0.15, -0.1) is 0 Å². The largest absolute Gasteiger partial charge is 0.364 e. The molecule has 2 aromatic rings. The van der Waals surface area contributed by atoms with E-state index in [1.54, 1.807) is 24.3 Å². The first kappa shape index (κ1) is 19.6. The van der Waals surface area contributed by atoms with Gasteiger partial charge in [0.2, 0.25) is 11.6 Å². The summed E-state index contributed by atoms with van der Waals surface area (Å²) in [5, 5.41) is 14.4. The third-order valence-electron chi connectivity index (χ3n) is 3.42. The number of carbonyl (C=O) groups excluding carboxylic acids is 1. The summed E-state index contributed by atoms with van der Waals surface area (Å²) in [6.07, 6.45) is 2.03. The van der Waals surface area contributed by atoms with Crippen molar-refractivity contribution in [3.8, 4) is 0 Å². The molecule has 2 rings (SSSR count). The minimum atomic E-state index is -0.591. The van der Waals surface area contributed by atoms with E-state index >= 15 is 0 Å². The second-order valence-electron chi connectivity index (χ2n) is 5.87. The third-order valence-corrected chi connectivity index (χ3v) is 3.95. The molecule has 0 saturated carbocycles. The van der Waals surface area contributed by atoms with E-state index < -0.39 is 10.8 Å². The minimum Gasteiger partial charge on any atom is -0.364 e. The summed E-state index contributed by atoms with van der Waals surface area (Å²) in [7, 11) is 0. The van der Waals surface area contributed by atoms with Gasteiger partial charge >= 0.3 is 5.69 Å². The van der Waals surface area contributed by atoms with Gasteiger partial charge < -0.3 is 5.32 Å². The van der Waals surface area contributed by atoms with Crippen LogP contribution in [0.3, 0.4) is 0 Å². The molecular formula is C16H19BrN6O3.